The van der Waals surface area contributed by atoms with Gasteiger partial charge in [0.2, 0.25) is 17.1 Å². The number of anilines is 2. The van der Waals surface area contributed by atoms with Gasteiger partial charge in [-0.25, -0.2) is 42.5 Å². The number of hydrogen-bond donors (Lipinski definition) is 2. The van der Waals surface area contributed by atoms with E-state index in [-0.39, 0.29) is 43.1 Å². The summed E-state index contributed by atoms with van der Waals surface area (Å²) in [5.74, 6) is -3.33. The third kappa shape index (κ3) is 17.0. The van der Waals surface area contributed by atoms with Gasteiger partial charge in [-0.15, -0.1) is 0 Å². The Labute approximate surface area is 373 Å². The van der Waals surface area contributed by atoms with Crippen molar-refractivity contribution in [1.82, 2.24) is 29.9 Å². The molecular formula is C44H61Cl3F4N8Sn. The Balaban J connectivity index is 0.000000201. The normalized spacial score (nSPS) is 16.5. The molecule has 2 N–H and O–H groups in total. The molecule has 0 radical (unpaired) electrons. The molecule has 0 bridgehead atoms. The molecule has 6 rings (SSSR count). The number of aryl methyl sites for hydroxylation is 2. The molecule has 0 aliphatic heterocycles. The number of halogens is 7. The minimum atomic E-state index is -2.53. The fourth-order valence-electron chi connectivity index (χ4n) is 7.69. The molecule has 2 saturated carbocycles. The maximum atomic E-state index is 13.2. The monoisotopic (exact) mass is 1000 g/mol. The minimum Gasteiger partial charge on any atom is -0.367 e. The Morgan fingerprint density at radius 3 is 1.50 bits per heavy atom. The molecule has 330 valence electrons. The predicted molar refractivity (Wildman–Crippen MR) is 242 cm³/mol. The van der Waals surface area contributed by atoms with Crippen LogP contribution in [0, 0.1) is 13.8 Å². The maximum Gasteiger partial charge on any atom is 0.248 e. The van der Waals surface area contributed by atoms with Gasteiger partial charge in [-0.2, -0.15) is 0 Å². The Morgan fingerprint density at radius 2 is 1.05 bits per heavy atom. The van der Waals surface area contributed by atoms with Crippen molar-refractivity contribution < 1.29 is 17.6 Å². The average Bonchev–Trinajstić information content (AvgIpc) is 3.19. The van der Waals surface area contributed by atoms with Crippen molar-refractivity contribution in [1.29, 1.82) is 0 Å². The number of nitrogens with zero attached hydrogens (tertiary/aromatic N) is 6. The summed E-state index contributed by atoms with van der Waals surface area (Å²) in [7, 11) is 0. The second-order valence-corrected chi connectivity index (χ2v) is 30.4. The molecule has 4 aromatic heterocycles. The number of alkyl halides is 4. The Kier molecular flexibility index (Phi) is 20.3. The molecule has 60 heavy (non-hydrogen) atoms. The van der Waals surface area contributed by atoms with Crippen molar-refractivity contribution in [2.24, 2.45) is 0 Å². The third-order valence-electron chi connectivity index (χ3n) is 11.0. The van der Waals surface area contributed by atoms with Crippen molar-refractivity contribution in [2.45, 2.75) is 162 Å². The van der Waals surface area contributed by atoms with Crippen LogP contribution in [-0.2, 0) is 0 Å². The van der Waals surface area contributed by atoms with Gasteiger partial charge in [-0.05, 0) is 63.3 Å². The van der Waals surface area contributed by atoms with Crippen molar-refractivity contribution in [2.75, 3.05) is 10.6 Å². The van der Waals surface area contributed by atoms with Gasteiger partial charge >= 0.3 is 135 Å². The van der Waals surface area contributed by atoms with E-state index >= 15 is 0 Å². The predicted octanol–water partition coefficient (Wildman–Crippen LogP) is 13.7. The fourth-order valence-corrected chi connectivity index (χ4v) is 23.9. The van der Waals surface area contributed by atoms with E-state index in [1.807, 2.05) is 19.9 Å². The van der Waals surface area contributed by atoms with Gasteiger partial charge in [0.1, 0.15) is 22.5 Å². The molecule has 0 aromatic carbocycles. The first kappa shape index (κ1) is 50.1. The Bertz CT molecular complexity index is 1870. The van der Waals surface area contributed by atoms with Crippen LogP contribution in [0.2, 0.25) is 28.9 Å². The van der Waals surface area contributed by atoms with Gasteiger partial charge in [-0.1, -0.05) is 17.7 Å². The van der Waals surface area contributed by atoms with Gasteiger partial charge in [0, 0.05) is 61.3 Å². The van der Waals surface area contributed by atoms with Crippen LogP contribution < -0.4 is 14.3 Å². The molecule has 4 aromatic rings. The first-order valence-corrected chi connectivity index (χ1v) is 30.1. The summed E-state index contributed by atoms with van der Waals surface area (Å²) in [6, 6.07) is 15.2. The number of unbranched alkanes of at least 4 members (excludes halogenated alkanes) is 3. The van der Waals surface area contributed by atoms with Gasteiger partial charge < -0.3 is 10.6 Å². The summed E-state index contributed by atoms with van der Waals surface area (Å²) in [6.45, 7) is 10.6. The summed E-state index contributed by atoms with van der Waals surface area (Å²) in [4.78, 5) is 25.7. The van der Waals surface area contributed by atoms with Crippen LogP contribution in [0.1, 0.15) is 122 Å². The standard InChI is InChI=1S/C16H17ClF2N4.C11H14ClF2N3.C5H3ClN.3C4H9.Sn/c1-10-9-14(21-11-5-7-16(18,19)8-6-11)23-15(20-10)12-3-2-4-13(17)22-12;1-7-6-9(17-10(12)15-7)16-8-2-4-11(13,14)5-3-8;6-5-3-1-2-4-7-5;3*1-3-4-2;/h2-4,9,11H,5-8H2,1H3,(H,20,21,23);6,8H,2-5H2,1H3,(H,15,16,17);1-3H;3*1,3-4H2,2H3;. The summed E-state index contributed by atoms with van der Waals surface area (Å²) < 4.78 is 58.2. The number of hydrogen-bond acceptors (Lipinski definition) is 8. The molecule has 8 nitrogen and oxygen atoms in total. The van der Waals surface area contributed by atoms with E-state index in [9.17, 15) is 17.6 Å². The fraction of sp³-hybridized carbons (Fsp3) is 0.591. The summed E-state index contributed by atoms with van der Waals surface area (Å²) in [5, 5.41) is 7.60. The number of aromatic nitrogens is 6. The van der Waals surface area contributed by atoms with E-state index in [1.165, 1.54) is 55.5 Å². The average molecular weight is 1000 g/mol. The van der Waals surface area contributed by atoms with Crippen molar-refractivity contribution >= 4 is 68.5 Å². The first-order valence-electron chi connectivity index (χ1n) is 21.5. The van der Waals surface area contributed by atoms with Crippen LogP contribution in [0.3, 0.4) is 0 Å². The van der Waals surface area contributed by atoms with Crippen LogP contribution in [0.5, 0.6) is 0 Å². The van der Waals surface area contributed by atoms with Gasteiger partial charge in [0.25, 0.3) is 0 Å². The zero-order valence-electron chi connectivity index (χ0n) is 35.6. The number of nitrogens with one attached hydrogen (secondary N) is 2. The molecular weight excluding hydrogens is 942 g/mol. The topological polar surface area (TPSA) is 101 Å². The molecule has 0 saturated heterocycles. The van der Waals surface area contributed by atoms with Crippen molar-refractivity contribution in [3.8, 4) is 11.5 Å². The van der Waals surface area contributed by atoms with Crippen LogP contribution in [-0.4, -0.2) is 72.2 Å². The van der Waals surface area contributed by atoms with E-state index in [0.717, 1.165) is 11.4 Å². The number of rotatable bonds is 15. The van der Waals surface area contributed by atoms with Crippen LogP contribution >= 0.6 is 34.8 Å². The van der Waals surface area contributed by atoms with E-state index in [1.54, 1.807) is 30.3 Å². The molecule has 4 heterocycles. The number of pyridine rings is 2. The van der Waals surface area contributed by atoms with Gasteiger partial charge in [0.05, 0.1) is 0 Å². The Morgan fingerprint density at radius 1 is 0.600 bits per heavy atom. The van der Waals surface area contributed by atoms with E-state index in [2.05, 4.69) is 68.5 Å². The summed E-state index contributed by atoms with van der Waals surface area (Å²) in [5.41, 5.74) is 2.12. The van der Waals surface area contributed by atoms with Crippen LogP contribution in [0.4, 0.5) is 29.2 Å². The molecule has 0 spiro atoms. The third-order valence-corrected chi connectivity index (χ3v) is 26.8. The van der Waals surface area contributed by atoms with E-state index in [4.69, 9.17) is 39.8 Å². The largest absolute Gasteiger partial charge is 0.367 e. The summed E-state index contributed by atoms with van der Waals surface area (Å²) in [6.07, 6.45) is 9.49. The van der Waals surface area contributed by atoms with E-state index in [0.29, 0.717) is 59.1 Å². The molecule has 0 amide bonds. The van der Waals surface area contributed by atoms with Crippen LogP contribution in [0.15, 0.2) is 48.5 Å². The second kappa shape index (κ2) is 24.3. The van der Waals surface area contributed by atoms with Crippen LogP contribution in [0.25, 0.3) is 11.5 Å². The SMILES string of the molecule is CCC[CH2][Sn]([CH2]CCC)([CH2]CCC)[c]1cccc(Cl)n1.Cc1cc(NC2CCC(F)(F)CC2)nc(-c2cccc(Cl)n2)n1.Cc1cc(NC2CCC(F)(F)CC2)nc(Cl)n1. The quantitative estimate of drug-likeness (QED) is 0.0526. The molecule has 2 fully saturated rings. The smallest absolute Gasteiger partial charge is 0.248 e. The molecule has 2 aliphatic carbocycles. The van der Waals surface area contributed by atoms with Gasteiger partial charge in [0.15, 0.2) is 5.82 Å². The maximum absolute atomic E-state index is 13.2. The second-order valence-electron chi connectivity index (χ2n) is 16.2. The first-order chi connectivity index (χ1) is 28.5. The zero-order valence-corrected chi connectivity index (χ0v) is 40.7. The van der Waals surface area contributed by atoms with E-state index < -0.39 is 30.2 Å². The van der Waals surface area contributed by atoms with Crippen molar-refractivity contribution in [3.63, 3.8) is 0 Å². The molecule has 0 atom stereocenters. The molecule has 16 heteroatoms. The Hall–Kier alpha value is -2.55. The van der Waals surface area contributed by atoms with Gasteiger partial charge in [-0.3, -0.25) is 0 Å². The zero-order chi connectivity index (χ0) is 43.8. The molecule has 2 aliphatic rings. The minimum absolute atomic E-state index is 0.00379. The summed E-state index contributed by atoms with van der Waals surface area (Å²) >= 11 is 15.5. The van der Waals surface area contributed by atoms with Crippen molar-refractivity contribution in [3.05, 3.63) is 75.5 Å². The molecule has 0 unspecified atom stereocenters.